The molecule has 0 saturated heterocycles. The van der Waals surface area contributed by atoms with E-state index < -0.39 is 0 Å². The van der Waals surface area contributed by atoms with Crippen molar-refractivity contribution < 1.29 is 4.79 Å². The molecular weight excluding hydrogens is 346 g/mol. The van der Waals surface area contributed by atoms with Crippen LogP contribution in [0.1, 0.15) is 20.9 Å². The van der Waals surface area contributed by atoms with Crippen molar-refractivity contribution in [1.29, 1.82) is 0 Å². The van der Waals surface area contributed by atoms with Crippen LogP contribution < -0.4 is 11.1 Å². The molecule has 0 aliphatic heterocycles. The lowest BCUT2D eigenvalue weighted by Crippen LogP contribution is -2.13. The molecule has 1 heterocycles. The molecule has 3 N–H and O–H groups in total. The van der Waals surface area contributed by atoms with Crippen LogP contribution in [0.5, 0.6) is 0 Å². The second-order valence-electron chi connectivity index (χ2n) is 3.78. The number of carbonyl (C=O) groups is 1. The number of nitrogens with two attached hydrogens (primary N) is 1. The first-order valence-corrected chi connectivity index (χ1v) is 7.38. The van der Waals surface area contributed by atoms with Gasteiger partial charge in [-0.05, 0) is 41.1 Å². The summed E-state index contributed by atoms with van der Waals surface area (Å²) < 4.78 is 0.730. The van der Waals surface area contributed by atoms with Crippen LogP contribution in [-0.4, -0.2) is 15.9 Å². The van der Waals surface area contributed by atoms with Gasteiger partial charge in [0, 0.05) is 10.0 Å². The van der Waals surface area contributed by atoms with Crippen molar-refractivity contribution in [3.63, 3.8) is 0 Å². The summed E-state index contributed by atoms with van der Waals surface area (Å²) in [5, 5.41) is 2.82. The molecule has 0 fully saturated rings. The number of anilines is 1. The van der Waals surface area contributed by atoms with Crippen molar-refractivity contribution in [2.45, 2.75) is 6.92 Å². The van der Waals surface area contributed by atoms with Crippen LogP contribution in [0.2, 0.25) is 0 Å². The number of halogens is 1. The number of aromatic nitrogens is 1. The molecule has 1 aromatic carbocycles. The van der Waals surface area contributed by atoms with E-state index in [-0.39, 0.29) is 5.91 Å². The molecule has 0 aliphatic rings. The lowest BCUT2D eigenvalue weighted by molar-refractivity contribution is 0.102. The maximum Gasteiger partial charge on any atom is 0.267 e. The molecule has 1 amide bonds. The zero-order chi connectivity index (χ0) is 14.0. The Labute approximate surface area is 128 Å². The smallest absolute Gasteiger partial charge is 0.267 e. The molecule has 19 heavy (non-hydrogen) atoms. The lowest BCUT2D eigenvalue weighted by atomic mass is 10.2. The monoisotopic (exact) mass is 355 g/mol. The fraction of sp³-hybridized carbons (Fsp3) is 0.0833. The Kier molecular flexibility index (Phi) is 4.28. The molecule has 0 atom stereocenters. The molecule has 98 valence electrons. The third kappa shape index (κ3) is 3.17. The third-order valence-corrected chi connectivity index (χ3v) is 4.27. The molecule has 0 bridgehead atoms. The average Bonchev–Trinajstić information content (AvgIpc) is 2.77. The minimum Gasteiger partial charge on any atom is -0.389 e. The number of nitrogens with zero attached hydrogens (tertiary/aromatic N) is 1. The Hall–Kier alpha value is -1.31. The predicted octanol–water partition coefficient (Wildman–Crippen LogP) is 3.10. The lowest BCUT2D eigenvalue weighted by Gasteiger charge is -2.08. The molecule has 4 nitrogen and oxygen atoms in total. The molecule has 0 radical (unpaired) electrons. The third-order valence-electron chi connectivity index (χ3n) is 2.45. The fourth-order valence-corrected chi connectivity index (χ4v) is 2.77. The molecule has 1 aromatic heterocycles. The van der Waals surface area contributed by atoms with Gasteiger partial charge in [-0.1, -0.05) is 12.2 Å². The zero-order valence-corrected chi connectivity index (χ0v) is 13.2. The summed E-state index contributed by atoms with van der Waals surface area (Å²) in [4.78, 5) is 17.0. The van der Waals surface area contributed by atoms with Gasteiger partial charge in [0.05, 0.1) is 16.9 Å². The molecule has 0 spiro atoms. The van der Waals surface area contributed by atoms with Crippen LogP contribution >= 0.6 is 39.5 Å². The first kappa shape index (κ1) is 14.1. The van der Waals surface area contributed by atoms with Crippen molar-refractivity contribution in [2.75, 3.05) is 5.32 Å². The Morgan fingerprint density at radius 1 is 1.53 bits per heavy atom. The topological polar surface area (TPSA) is 68.0 Å². The van der Waals surface area contributed by atoms with Crippen molar-refractivity contribution >= 4 is 56.1 Å². The van der Waals surface area contributed by atoms with Crippen LogP contribution in [-0.2, 0) is 0 Å². The molecule has 2 aromatic rings. The molecule has 7 heteroatoms. The first-order valence-electron chi connectivity index (χ1n) is 5.30. The fourth-order valence-electron chi connectivity index (χ4n) is 1.47. The highest BCUT2D eigenvalue weighted by atomic mass is 79.9. The Bertz CT molecular complexity index is 654. The Morgan fingerprint density at radius 3 is 2.79 bits per heavy atom. The maximum atomic E-state index is 12.1. The van der Waals surface area contributed by atoms with Gasteiger partial charge < -0.3 is 11.1 Å². The van der Waals surface area contributed by atoms with Crippen molar-refractivity contribution in [2.24, 2.45) is 5.73 Å². The average molecular weight is 356 g/mol. The maximum absolute atomic E-state index is 12.1. The number of carbonyl (C=O) groups excluding carboxylic acids is 1. The number of benzene rings is 1. The van der Waals surface area contributed by atoms with E-state index in [1.54, 1.807) is 30.6 Å². The van der Waals surface area contributed by atoms with Gasteiger partial charge >= 0.3 is 0 Å². The number of aryl methyl sites for hydroxylation is 1. The van der Waals surface area contributed by atoms with Gasteiger partial charge in [-0.25, -0.2) is 4.98 Å². The molecular formula is C12H10BrN3OS2. The summed E-state index contributed by atoms with van der Waals surface area (Å²) in [5.41, 5.74) is 9.33. The van der Waals surface area contributed by atoms with Crippen LogP contribution in [0.4, 0.5) is 5.69 Å². The van der Waals surface area contributed by atoms with E-state index in [1.807, 2.05) is 0 Å². The Balaban J connectivity index is 2.23. The van der Waals surface area contributed by atoms with Crippen LogP contribution in [0, 0.1) is 6.92 Å². The predicted molar refractivity (Wildman–Crippen MR) is 84.8 cm³/mol. The van der Waals surface area contributed by atoms with Crippen LogP contribution in [0.25, 0.3) is 0 Å². The number of amides is 1. The second-order valence-corrected chi connectivity index (χ2v) is 5.93. The van der Waals surface area contributed by atoms with E-state index in [2.05, 4.69) is 26.2 Å². The summed E-state index contributed by atoms with van der Waals surface area (Å²) in [6.07, 6.45) is 0. The van der Waals surface area contributed by atoms with Crippen molar-refractivity contribution in [3.8, 4) is 0 Å². The van der Waals surface area contributed by atoms with Crippen LogP contribution in [0.3, 0.4) is 0 Å². The molecule has 0 saturated carbocycles. The number of thiazole rings is 1. The number of hydrogen-bond donors (Lipinski definition) is 2. The number of nitrogens with one attached hydrogen (secondary N) is 1. The summed E-state index contributed by atoms with van der Waals surface area (Å²) >= 11 is 9.59. The van der Waals surface area contributed by atoms with E-state index >= 15 is 0 Å². The zero-order valence-electron chi connectivity index (χ0n) is 9.94. The summed E-state index contributed by atoms with van der Waals surface area (Å²) in [6, 6.07) is 5.30. The van der Waals surface area contributed by atoms with E-state index in [0.29, 0.717) is 15.6 Å². The van der Waals surface area contributed by atoms with Gasteiger partial charge in [-0.3, -0.25) is 4.79 Å². The number of rotatable bonds is 3. The first-order chi connectivity index (χ1) is 8.99. The summed E-state index contributed by atoms with van der Waals surface area (Å²) in [6.45, 7) is 1.80. The highest BCUT2D eigenvalue weighted by Gasteiger charge is 2.13. The largest absolute Gasteiger partial charge is 0.389 e. The Morgan fingerprint density at radius 2 is 2.26 bits per heavy atom. The summed E-state index contributed by atoms with van der Waals surface area (Å²) in [5.74, 6) is -0.177. The minimum atomic E-state index is -0.177. The number of thiocarbonyl (C=S) groups is 1. The van der Waals surface area contributed by atoms with E-state index in [1.165, 1.54) is 11.3 Å². The highest BCUT2D eigenvalue weighted by molar-refractivity contribution is 9.10. The molecule has 0 unspecified atom stereocenters. The quantitative estimate of drug-likeness (QED) is 0.830. The normalized spacial score (nSPS) is 10.2. The second kappa shape index (κ2) is 5.77. The van der Waals surface area contributed by atoms with E-state index in [9.17, 15) is 4.79 Å². The van der Waals surface area contributed by atoms with Gasteiger partial charge in [0.15, 0.2) is 0 Å². The van der Waals surface area contributed by atoms with Gasteiger partial charge in [-0.15, -0.1) is 11.3 Å². The highest BCUT2D eigenvalue weighted by Crippen LogP contribution is 2.25. The SMILES string of the molecule is Cc1ncsc1C(=O)Nc1ccc(C(N)=S)cc1Br. The number of hydrogen-bond acceptors (Lipinski definition) is 4. The summed E-state index contributed by atoms with van der Waals surface area (Å²) in [7, 11) is 0. The van der Waals surface area contributed by atoms with Crippen LogP contribution in [0.15, 0.2) is 28.2 Å². The molecule has 2 rings (SSSR count). The van der Waals surface area contributed by atoms with Gasteiger partial charge in [0.2, 0.25) is 0 Å². The van der Waals surface area contributed by atoms with Gasteiger partial charge in [-0.2, -0.15) is 0 Å². The van der Waals surface area contributed by atoms with E-state index in [4.69, 9.17) is 18.0 Å². The van der Waals surface area contributed by atoms with Crippen molar-refractivity contribution in [3.05, 3.63) is 44.3 Å². The standard InChI is InChI=1S/C12H10BrN3OS2/c1-6-10(19-5-15-6)12(17)16-9-3-2-7(11(14)18)4-8(9)13/h2-5H,1H3,(H2,14,18)(H,16,17). The molecule has 0 aliphatic carbocycles. The van der Waals surface area contributed by atoms with E-state index in [0.717, 1.165) is 15.7 Å². The van der Waals surface area contributed by atoms with Gasteiger partial charge in [0.25, 0.3) is 5.91 Å². The van der Waals surface area contributed by atoms with Crippen molar-refractivity contribution in [1.82, 2.24) is 4.98 Å². The minimum absolute atomic E-state index is 0.177. The van der Waals surface area contributed by atoms with Gasteiger partial charge in [0.1, 0.15) is 9.87 Å².